The third-order valence-electron chi connectivity index (χ3n) is 3.20. The molecule has 0 atom stereocenters. The van der Waals surface area contributed by atoms with Crippen LogP contribution in [0.4, 0.5) is 0 Å². The van der Waals surface area contributed by atoms with Crippen molar-refractivity contribution in [2.75, 3.05) is 19.8 Å². The molecule has 4 nitrogen and oxygen atoms in total. The second kappa shape index (κ2) is 7.38. The summed E-state index contributed by atoms with van der Waals surface area (Å²) in [5.74, 6) is -0.613. The lowest BCUT2D eigenvalue weighted by Crippen LogP contribution is -2.31. The molecule has 1 saturated heterocycles. The fraction of sp³-hybridized carbons (Fsp3) is 0.533. The second-order valence-corrected chi connectivity index (χ2v) is 4.60. The van der Waals surface area contributed by atoms with E-state index in [4.69, 9.17) is 14.2 Å². The van der Waals surface area contributed by atoms with Crippen molar-refractivity contribution in [2.45, 2.75) is 31.7 Å². The molecule has 1 heterocycles. The maximum Gasteiger partial charge on any atom is 0.171 e. The van der Waals surface area contributed by atoms with Crippen molar-refractivity contribution in [3.8, 4) is 0 Å². The van der Waals surface area contributed by atoms with Crippen LogP contribution >= 0.6 is 0 Å². The molecule has 1 aliphatic rings. The van der Waals surface area contributed by atoms with Crippen LogP contribution < -0.4 is 0 Å². The molecule has 0 spiro atoms. The molecule has 0 radical (unpaired) electrons. The fourth-order valence-corrected chi connectivity index (χ4v) is 2.18. The smallest absolute Gasteiger partial charge is 0.171 e. The number of ether oxygens (including phenoxy) is 3. The number of hydrogen-bond acceptors (Lipinski definition) is 4. The van der Waals surface area contributed by atoms with E-state index in [1.165, 1.54) is 0 Å². The van der Waals surface area contributed by atoms with Gasteiger partial charge in [-0.05, 0) is 5.56 Å². The monoisotopic (exact) mass is 264 g/mol. The predicted octanol–water partition coefficient (Wildman–Crippen LogP) is 2.32. The summed E-state index contributed by atoms with van der Waals surface area (Å²) >= 11 is 0. The Morgan fingerprint density at radius 3 is 2.58 bits per heavy atom. The molecule has 4 heteroatoms. The van der Waals surface area contributed by atoms with Crippen molar-refractivity contribution in [1.29, 1.82) is 0 Å². The molecule has 0 bridgehead atoms. The van der Waals surface area contributed by atoms with E-state index in [2.05, 4.69) is 0 Å². The lowest BCUT2D eigenvalue weighted by atomic mass is 10.1. The van der Waals surface area contributed by atoms with Gasteiger partial charge in [-0.2, -0.15) is 0 Å². The quantitative estimate of drug-likeness (QED) is 0.534. The minimum atomic E-state index is -0.613. The van der Waals surface area contributed by atoms with Gasteiger partial charge in [0, 0.05) is 19.3 Å². The summed E-state index contributed by atoms with van der Waals surface area (Å²) in [6, 6.07) is 10.0. The normalized spacial score (nSPS) is 17.5. The molecule has 1 fully saturated rings. The van der Waals surface area contributed by atoms with E-state index in [-0.39, 0.29) is 0 Å². The molecule has 1 aromatic carbocycles. The average Bonchev–Trinajstić information content (AvgIpc) is 2.92. The molecule has 1 aromatic rings. The van der Waals surface area contributed by atoms with E-state index in [0.717, 1.165) is 11.8 Å². The molecule has 0 aromatic heterocycles. The average molecular weight is 264 g/mol. The van der Waals surface area contributed by atoms with Crippen molar-refractivity contribution in [3.63, 3.8) is 0 Å². The minimum absolute atomic E-state index is 0.457. The Labute approximate surface area is 113 Å². The van der Waals surface area contributed by atoms with E-state index >= 15 is 0 Å². The van der Waals surface area contributed by atoms with E-state index in [1.807, 2.05) is 30.3 Å². The largest absolute Gasteiger partial charge is 0.377 e. The van der Waals surface area contributed by atoms with Crippen LogP contribution in [0.5, 0.6) is 0 Å². The Kier molecular flexibility index (Phi) is 5.51. The molecule has 2 rings (SSSR count). The maximum absolute atomic E-state index is 10.5. The van der Waals surface area contributed by atoms with Crippen LogP contribution in [0.15, 0.2) is 30.3 Å². The SMILES string of the molecule is O=CCCC1(CCOCc2ccccc2)OCCO1. The van der Waals surface area contributed by atoms with Gasteiger partial charge < -0.3 is 19.0 Å². The number of aldehydes is 1. The van der Waals surface area contributed by atoms with Crippen molar-refractivity contribution in [1.82, 2.24) is 0 Å². The molecule has 0 aliphatic carbocycles. The van der Waals surface area contributed by atoms with Crippen LogP contribution in [0.3, 0.4) is 0 Å². The zero-order chi connectivity index (χ0) is 13.4. The van der Waals surface area contributed by atoms with Crippen molar-refractivity contribution in [3.05, 3.63) is 35.9 Å². The summed E-state index contributed by atoms with van der Waals surface area (Å²) in [5, 5.41) is 0. The first-order chi connectivity index (χ1) is 9.35. The lowest BCUT2D eigenvalue weighted by Gasteiger charge is -2.26. The van der Waals surface area contributed by atoms with Gasteiger partial charge in [0.05, 0.1) is 26.4 Å². The number of benzene rings is 1. The first-order valence-electron chi connectivity index (χ1n) is 6.68. The highest BCUT2D eigenvalue weighted by molar-refractivity contribution is 5.49. The van der Waals surface area contributed by atoms with Crippen molar-refractivity contribution in [2.24, 2.45) is 0 Å². The zero-order valence-electron chi connectivity index (χ0n) is 11.0. The highest BCUT2D eigenvalue weighted by atomic mass is 16.7. The Hall–Kier alpha value is -1.23. The van der Waals surface area contributed by atoms with E-state index in [0.29, 0.717) is 45.7 Å². The van der Waals surface area contributed by atoms with E-state index in [9.17, 15) is 4.79 Å². The Morgan fingerprint density at radius 2 is 1.89 bits per heavy atom. The summed E-state index contributed by atoms with van der Waals surface area (Å²) < 4.78 is 16.9. The van der Waals surface area contributed by atoms with Gasteiger partial charge in [-0.25, -0.2) is 0 Å². The summed E-state index contributed by atoms with van der Waals surface area (Å²) in [5.41, 5.74) is 1.15. The first kappa shape index (κ1) is 14.2. The third-order valence-corrected chi connectivity index (χ3v) is 3.20. The Balaban J connectivity index is 1.72. The van der Waals surface area contributed by atoms with Crippen molar-refractivity contribution >= 4 is 6.29 Å². The fourth-order valence-electron chi connectivity index (χ4n) is 2.18. The number of rotatable bonds is 8. The van der Waals surface area contributed by atoms with Crippen LogP contribution in [0.25, 0.3) is 0 Å². The van der Waals surface area contributed by atoms with Crippen LogP contribution in [0, 0.1) is 0 Å². The number of hydrogen-bond donors (Lipinski definition) is 0. The molecule has 0 unspecified atom stereocenters. The molecule has 1 aliphatic heterocycles. The third kappa shape index (κ3) is 4.42. The molecule has 0 saturated carbocycles. The standard InChI is InChI=1S/C15H20O4/c16-9-4-7-15(18-11-12-19-15)8-10-17-13-14-5-2-1-3-6-14/h1-3,5-6,9H,4,7-8,10-13H2. The van der Waals surface area contributed by atoms with Crippen LogP contribution in [-0.4, -0.2) is 31.9 Å². The number of carbonyl (C=O) groups is 1. The van der Waals surface area contributed by atoms with Crippen molar-refractivity contribution < 1.29 is 19.0 Å². The van der Waals surface area contributed by atoms with Gasteiger partial charge in [0.15, 0.2) is 5.79 Å². The van der Waals surface area contributed by atoms with Crippen LogP contribution in [-0.2, 0) is 25.6 Å². The second-order valence-electron chi connectivity index (χ2n) is 4.60. The molecule has 19 heavy (non-hydrogen) atoms. The predicted molar refractivity (Wildman–Crippen MR) is 70.6 cm³/mol. The van der Waals surface area contributed by atoms with Crippen LogP contribution in [0.2, 0.25) is 0 Å². The van der Waals surface area contributed by atoms with Gasteiger partial charge in [-0.15, -0.1) is 0 Å². The number of carbonyl (C=O) groups excluding carboxylic acids is 1. The topological polar surface area (TPSA) is 44.8 Å². The molecular weight excluding hydrogens is 244 g/mol. The lowest BCUT2D eigenvalue weighted by molar-refractivity contribution is -0.176. The Bertz CT molecular complexity index is 371. The Morgan fingerprint density at radius 1 is 1.16 bits per heavy atom. The summed E-state index contributed by atoms with van der Waals surface area (Å²) in [7, 11) is 0. The van der Waals surface area contributed by atoms with E-state index in [1.54, 1.807) is 0 Å². The molecular formula is C15H20O4. The highest BCUT2D eigenvalue weighted by Gasteiger charge is 2.35. The molecule has 0 amide bonds. The summed E-state index contributed by atoms with van der Waals surface area (Å²) in [6.07, 6.45) is 2.62. The van der Waals surface area contributed by atoms with Crippen LogP contribution in [0.1, 0.15) is 24.8 Å². The molecule has 104 valence electrons. The molecule has 0 N–H and O–H groups in total. The van der Waals surface area contributed by atoms with Gasteiger partial charge in [0.1, 0.15) is 6.29 Å². The zero-order valence-corrected chi connectivity index (χ0v) is 11.0. The van der Waals surface area contributed by atoms with Gasteiger partial charge in [0.2, 0.25) is 0 Å². The first-order valence-corrected chi connectivity index (χ1v) is 6.68. The maximum atomic E-state index is 10.5. The summed E-state index contributed by atoms with van der Waals surface area (Å²) in [6.45, 7) is 2.34. The van der Waals surface area contributed by atoms with Gasteiger partial charge >= 0.3 is 0 Å². The summed E-state index contributed by atoms with van der Waals surface area (Å²) in [4.78, 5) is 10.5. The minimum Gasteiger partial charge on any atom is -0.377 e. The van der Waals surface area contributed by atoms with Gasteiger partial charge in [-0.3, -0.25) is 0 Å². The highest BCUT2D eigenvalue weighted by Crippen LogP contribution is 2.28. The van der Waals surface area contributed by atoms with Gasteiger partial charge in [-0.1, -0.05) is 30.3 Å². The van der Waals surface area contributed by atoms with E-state index < -0.39 is 5.79 Å². The van der Waals surface area contributed by atoms with Gasteiger partial charge in [0.25, 0.3) is 0 Å².